The van der Waals surface area contributed by atoms with Crippen LogP contribution in [0, 0.1) is 6.92 Å². The van der Waals surface area contributed by atoms with E-state index in [1.807, 2.05) is 0 Å². The maximum Gasteiger partial charge on any atom is 0.272 e. The fraction of sp³-hybridized carbons (Fsp3) is 0.273. The number of aromatic nitrogens is 4. The smallest absolute Gasteiger partial charge is 0.272 e. The number of H-pyrrole nitrogens is 1. The Morgan fingerprint density at radius 3 is 2.94 bits per heavy atom. The number of aryl methyl sites for hydroxylation is 1. The molecule has 6 nitrogen and oxygen atoms in total. The van der Waals surface area contributed by atoms with Crippen LogP contribution in [0.5, 0.6) is 0 Å². The largest absolute Gasteiger partial charge is 0.333 e. The molecule has 0 fully saturated rings. The first kappa shape index (κ1) is 12.5. The van der Waals surface area contributed by atoms with Crippen LogP contribution in [0.25, 0.3) is 0 Å². The summed E-state index contributed by atoms with van der Waals surface area (Å²) in [6, 6.07) is 3.15. The summed E-state index contributed by atoms with van der Waals surface area (Å²) in [6.07, 6.45) is 1.50. The zero-order chi connectivity index (χ0) is 13.1. The number of rotatable bonds is 3. The third kappa shape index (κ3) is 2.84. The zero-order valence-electron chi connectivity index (χ0n) is 10.0. The van der Waals surface area contributed by atoms with Crippen molar-refractivity contribution in [2.75, 3.05) is 7.05 Å². The molecule has 0 saturated carbocycles. The van der Waals surface area contributed by atoms with Crippen molar-refractivity contribution in [1.29, 1.82) is 0 Å². The predicted molar refractivity (Wildman–Crippen MR) is 66.2 cm³/mol. The third-order valence-electron chi connectivity index (χ3n) is 2.31. The average Bonchev–Trinajstić information content (AvgIpc) is 2.73. The molecular formula is C11H12ClN5O. The lowest BCUT2D eigenvalue weighted by atomic mass is 10.3. The van der Waals surface area contributed by atoms with E-state index in [0.29, 0.717) is 28.9 Å². The number of hydrogen-bond acceptors (Lipinski definition) is 4. The Balaban J connectivity index is 2.09. The van der Waals surface area contributed by atoms with Gasteiger partial charge in [0.2, 0.25) is 0 Å². The number of amides is 1. The van der Waals surface area contributed by atoms with Crippen molar-refractivity contribution in [1.82, 2.24) is 25.1 Å². The Morgan fingerprint density at radius 2 is 2.33 bits per heavy atom. The summed E-state index contributed by atoms with van der Waals surface area (Å²) in [4.78, 5) is 21.7. The van der Waals surface area contributed by atoms with Gasteiger partial charge in [-0.3, -0.25) is 14.9 Å². The first-order chi connectivity index (χ1) is 8.56. The summed E-state index contributed by atoms with van der Waals surface area (Å²) in [5, 5.41) is 7.18. The molecule has 0 radical (unpaired) electrons. The minimum Gasteiger partial charge on any atom is -0.333 e. The molecule has 0 saturated heterocycles. The molecule has 0 spiro atoms. The zero-order valence-corrected chi connectivity index (χ0v) is 10.8. The second-order valence-corrected chi connectivity index (χ2v) is 4.29. The van der Waals surface area contributed by atoms with Crippen molar-refractivity contribution in [3.05, 3.63) is 40.7 Å². The van der Waals surface area contributed by atoms with Crippen LogP contribution in [-0.4, -0.2) is 38.0 Å². The van der Waals surface area contributed by atoms with E-state index in [2.05, 4.69) is 20.2 Å². The Labute approximate surface area is 109 Å². The molecule has 2 aromatic rings. The SMILES string of the molecule is Cc1nc(CN(C)C(=O)c2cc(Cl)ccn2)n[nH]1. The fourth-order valence-corrected chi connectivity index (χ4v) is 1.62. The number of pyridine rings is 1. The molecule has 94 valence electrons. The van der Waals surface area contributed by atoms with Gasteiger partial charge in [0.15, 0.2) is 5.82 Å². The maximum atomic E-state index is 12.0. The summed E-state index contributed by atoms with van der Waals surface area (Å²) < 4.78 is 0. The highest BCUT2D eigenvalue weighted by atomic mass is 35.5. The molecule has 2 rings (SSSR count). The van der Waals surface area contributed by atoms with E-state index in [0.717, 1.165) is 0 Å². The number of hydrogen-bond donors (Lipinski definition) is 1. The van der Waals surface area contributed by atoms with Crippen molar-refractivity contribution in [3.8, 4) is 0 Å². The summed E-state index contributed by atoms with van der Waals surface area (Å²) >= 11 is 5.82. The Hall–Kier alpha value is -1.95. The van der Waals surface area contributed by atoms with Gasteiger partial charge in [-0.25, -0.2) is 4.98 Å². The molecule has 0 aliphatic rings. The molecule has 18 heavy (non-hydrogen) atoms. The number of carbonyl (C=O) groups is 1. The van der Waals surface area contributed by atoms with Gasteiger partial charge in [0.1, 0.15) is 11.5 Å². The van der Waals surface area contributed by atoms with E-state index in [1.54, 1.807) is 20.0 Å². The lowest BCUT2D eigenvalue weighted by molar-refractivity contribution is 0.0776. The van der Waals surface area contributed by atoms with Crippen LogP contribution in [-0.2, 0) is 6.54 Å². The van der Waals surface area contributed by atoms with Gasteiger partial charge >= 0.3 is 0 Å². The van der Waals surface area contributed by atoms with Crippen LogP contribution in [0.1, 0.15) is 22.1 Å². The summed E-state index contributed by atoms with van der Waals surface area (Å²) in [7, 11) is 1.66. The Kier molecular flexibility index (Phi) is 3.57. The molecule has 0 aromatic carbocycles. The lowest BCUT2D eigenvalue weighted by Crippen LogP contribution is -2.27. The lowest BCUT2D eigenvalue weighted by Gasteiger charge is -2.14. The number of nitrogens with one attached hydrogen (secondary N) is 1. The Bertz CT molecular complexity index is 568. The third-order valence-corrected chi connectivity index (χ3v) is 2.55. The van der Waals surface area contributed by atoms with E-state index in [1.165, 1.54) is 17.2 Å². The quantitative estimate of drug-likeness (QED) is 0.911. The second kappa shape index (κ2) is 5.14. The van der Waals surface area contributed by atoms with Gasteiger partial charge in [-0.05, 0) is 19.1 Å². The van der Waals surface area contributed by atoms with Gasteiger partial charge in [0.05, 0.1) is 6.54 Å². The maximum absolute atomic E-state index is 12.0. The molecule has 0 aliphatic carbocycles. The first-order valence-electron chi connectivity index (χ1n) is 5.31. The summed E-state index contributed by atoms with van der Waals surface area (Å²) in [6.45, 7) is 2.12. The summed E-state index contributed by atoms with van der Waals surface area (Å²) in [5.74, 6) is 1.05. The van der Waals surface area contributed by atoms with E-state index in [-0.39, 0.29) is 5.91 Å². The first-order valence-corrected chi connectivity index (χ1v) is 5.69. The summed E-state index contributed by atoms with van der Waals surface area (Å²) in [5.41, 5.74) is 0.303. The van der Waals surface area contributed by atoms with Crippen LogP contribution in [0.2, 0.25) is 5.02 Å². The van der Waals surface area contributed by atoms with E-state index in [9.17, 15) is 4.79 Å². The molecule has 0 unspecified atom stereocenters. The minimum absolute atomic E-state index is 0.222. The number of nitrogens with zero attached hydrogens (tertiary/aromatic N) is 4. The monoisotopic (exact) mass is 265 g/mol. The molecular weight excluding hydrogens is 254 g/mol. The van der Waals surface area contributed by atoms with Gasteiger partial charge < -0.3 is 4.90 Å². The van der Waals surface area contributed by atoms with E-state index < -0.39 is 0 Å². The second-order valence-electron chi connectivity index (χ2n) is 3.86. The van der Waals surface area contributed by atoms with Gasteiger partial charge in [0, 0.05) is 18.3 Å². The van der Waals surface area contributed by atoms with E-state index in [4.69, 9.17) is 11.6 Å². The van der Waals surface area contributed by atoms with Gasteiger partial charge in [0.25, 0.3) is 5.91 Å². The van der Waals surface area contributed by atoms with Crippen molar-refractivity contribution in [2.45, 2.75) is 13.5 Å². The van der Waals surface area contributed by atoms with Crippen molar-refractivity contribution >= 4 is 17.5 Å². The Morgan fingerprint density at radius 1 is 1.56 bits per heavy atom. The standard InChI is InChI=1S/C11H12ClN5O/c1-7-14-10(16-15-7)6-17(2)11(18)9-5-8(12)3-4-13-9/h3-5H,6H2,1-2H3,(H,14,15,16). The molecule has 2 aromatic heterocycles. The molecule has 0 aliphatic heterocycles. The number of aromatic amines is 1. The van der Waals surface area contributed by atoms with Crippen LogP contribution in [0.3, 0.4) is 0 Å². The molecule has 1 amide bonds. The van der Waals surface area contributed by atoms with Crippen molar-refractivity contribution < 1.29 is 4.79 Å². The number of carbonyl (C=O) groups excluding carboxylic acids is 1. The minimum atomic E-state index is -0.222. The van der Waals surface area contributed by atoms with Crippen LogP contribution in [0.15, 0.2) is 18.3 Å². The molecule has 1 N–H and O–H groups in total. The topological polar surface area (TPSA) is 74.8 Å². The van der Waals surface area contributed by atoms with Crippen molar-refractivity contribution in [3.63, 3.8) is 0 Å². The molecule has 7 heteroatoms. The van der Waals surface area contributed by atoms with E-state index >= 15 is 0 Å². The van der Waals surface area contributed by atoms with Crippen LogP contribution in [0.4, 0.5) is 0 Å². The van der Waals surface area contributed by atoms with Gasteiger partial charge in [-0.1, -0.05) is 11.6 Å². The molecule has 2 heterocycles. The average molecular weight is 266 g/mol. The predicted octanol–water partition coefficient (Wildman–Crippen LogP) is 1.43. The fourth-order valence-electron chi connectivity index (χ4n) is 1.46. The van der Waals surface area contributed by atoms with Crippen LogP contribution < -0.4 is 0 Å². The highest BCUT2D eigenvalue weighted by Gasteiger charge is 2.15. The van der Waals surface area contributed by atoms with Gasteiger partial charge in [-0.15, -0.1) is 0 Å². The van der Waals surface area contributed by atoms with Crippen molar-refractivity contribution in [2.24, 2.45) is 0 Å². The highest BCUT2D eigenvalue weighted by molar-refractivity contribution is 6.30. The number of halogens is 1. The van der Waals surface area contributed by atoms with Crippen LogP contribution >= 0.6 is 11.6 Å². The molecule has 0 atom stereocenters. The molecule has 0 bridgehead atoms. The highest BCUT2D eigenvalue weighted by Crippen LogP contribution is 2.10. The normalized spacial score (nSPS) is 10.4. The van der Waals surface area contributed by atoms with Gasteiger partial charge in [-0.2, -0.15) is 5.10 Å².